The molecule has 1 aromatic heterocycles. The Labute approximate surface area is 164 Å². The minimum absolute atomic E-state index is 0.866. The fourth-order valence-electron chi connectivity index (χ4n) is 3.09. The molecular formula is C23H21N3S. The summed E-state index contributed by atoms with van der Waals surface area (Å²) in [5, 5.41) is 9.99. The van der Waals surface area contributed by atoms with Crippen molar-refractivity contribution in [1.82, 2.24) is 14.8 Å². The van der Waals surface area contributed by atoms with Crippen molar-refractivity contribution in [3.05, 3.63) is 95.6 Å². The molecule has 0 spiro atoms. The van der Waals surface area contributed by atoms with Crippen LogP contribution in [0.15, 0.2) is 84.0 Å². The van der Waals surface area contributed by atoms with E-state index in [4.69, 9.17) is 0 Å². The topological polar surface area (TPSA) is 30.7 Å². The molecular weight excluding hydrogens is 350 g/mol. The van der Waals surface area contributed by atoms with Crippen molar-refractivity contribution in [2.75, 3.05) is 0 Å². The van der Waals surface area contributed by atoms with E-state index in [2.05, 4.69) is 83.2 Å². The number of hydrogen-bond acceptors (Lipinski definition) is 3. The molecule has 27 heavy (non-hydrogen) atoms. The van der Waals surface area contributed by atoms with Gasteiger partial charge in [0.2, 0.25) is 0 Å². The number of aryl methyl sites for hydroxylation is 2. The first-order chi connectivity index (χ1) is 13.2. The van der Waals surface area contributed by atoms with E-state index < -0.39 is 0 Å². The number of hydrogen-bond donors (Lipinski definition) is 0. The molecule has 0 fully saturated rings. The van der Waals surface area contributed by atoms with Gasteiger partial charge >= 0.3 is 0 Å². The normalized spacial score (nSPS) is 10.9. The first-order valence-corrected chi connectivity index (χ1v) is 9.97. The van der Waals surface area contributed by atoms with Crippen LogP contribution in [-0.4, -0.2) is 14.8 Å². The first kappa shape index (κ1) is 17.6. The molecule has 0 amide bonds. The maximum absolute atomic E-state index is 4.55. The summed E-state index contributed by atoms with van der Waals surface area (Å²) in [4.78, 5) is 0. The molecule has 0 unspecified atom stereocenters. The monoisotopic (exact) mass is 371 g/mol. The first-order valence-electron chi connectivity index (χ1n) is 8.98. The summed E-state index contributed by atoms with van der Waals surface area (Å²) in [6, 6.07) is 27.1. The lowest BCUT2D eigenvalue weighted by atomic mass is 10.1. The Morgan fingerprint density at radius 2 is 1.41 bits per heavy atom. The average molecular weight is 372 g/mol. The van der Waals surface area contributed by atoms with Crippen molar-refractivity contribution in [1.29, 1.82) is 0 Å². The summed E-state index contributed by atoms with van der Waals surface area (Å²) in [6.45, 7) is 4.26. The van der Waals surface area contributed by atoms with Crippen molar-refractivity contribution >= 4 is 11.8 Å². The zero-order valence-corrected chi connectivity index (χ0v) is 16.3. The summed E-state index contributed by atoms with van der Waals surface area (Å²) in [6.07, 6.45) is 0. The van der Waals surface area contributed by atoms with Crippen LogP contribution in [0.25, 0.3) is 17.1 Å². The Kier molecular flexibility index (Phi) is 5.07. The van der Waals surface area contributed by atoms with E-state index >= 15 is 0 Å². The fraction of sp³-hybridized carbons (Fsp3) is 0.130. The predicted octanol–water partition coefficient (Wildman–Crippen LogP) is 5.84. The number of rotatable bonds is 5. The van der Waals surface area contributed by atoms with E-state index in [1.54, 1.807) is 11.8 Å². The van der Waals surface area contributed by atoms with E-state index in [0.29, 0.717) is 0 Å². The van der Waals surface area contributed by atoms with Crippen molar-refractivity contribution in [2.45, 2.75) is 24.8 Å². The van der Waals surface area contributed by atoms with Gasteiger partial charge in [0.15, 0.2) is 11.0 Å². The zero-order valence-electron chi connectivity index (χ0n) is 15.5. The predicted molar refractivity (Wildman–Crippen MR) is 112 cm³/mol. The smallest absolute Gasteiger partial charge is 0.196 e. The fourth-order valence-corrected chi connectivity index (χ4v) is 4.11. The van der Waals surface area contributed by atoms with E-state index in [9.17, 15) is 0 Å². The summed E-state index contributed by atoms with van der Waals surface area (Å²) in [5.74, 6) is 1.75. The van der Waals surface area contributed by atoms with Crippen LogP contribution in [0.5, 0.6) is 0 Å². The van der Waals surface area contributed by atoms with Crippen LogP contribution in [0.4, 0.5) is 0 Å². The SMILES string of the molecule is Cc1ccccc1CSc1nnc(-c2ccccc2C)n1-c1ccccc1. The standard InChI is InChI=1S/C23H21N3S/c1-17-10-6-8-12-19(17)16-27-23-25-24-22(21-15-9-7-11-18(21)2)26(23)20-13-4-3-5-14-20/h3-15H,16H2,1-2H3. The van der Waals surface area contributed by atoms with Crippen LogP contribution in [0, 0.1) is 13.8 Å². The summed E-state index contributed by atoms with van der Waals surface area (Å²) in [5.41, 5.74) is 6.00. The van der Waals surface area contributed by atoms with Gasteiger partial charge in [0.25, 0.3) is 0 Å². The maximum atomic E-state index is 4.55. The second-order valence-electron chi connectivity index (χ2n) is 6.51. The van der Waals surface area contributed by atoms with Crippen LogP contribution >= 0.6 is 11.8 Å². The van der Waals surface area contributed by atoms with Crippen LogP contribution in [-0.2, 0) is 5.75 Å². The molecule has 0 aliphatic heterocycles. The molecule has 0 atom stereocenters. The summed E-state index contributed by atoms with van der Waals surface area (Å²) >= 11 is 1.72. The van der Waals surface area contributed by atoms with Gasteiger partial charge in [-0.05, 0) is 42.7 Å². The molecule has 0 saturated carbocycles. The van der Waals surface area contributed by atoms with Gasteiger partial charge in [-0.3, -0.25) is 4.57 Å². The highest BCUT2D eigenvalue weighted by Gasteiger charge is 2.17. The van der Waals surface area contributed by atoms with Crippen molar-refractivity contribution in [3.8, 4) is 17.1 Å². The van der Waals surface area contributed by atoms with Gasteiger partial charge in [0.1, 0.15) is 0 Å². The molecule has 3 nitrogen and oxygen atoms in total. The minimum atomic E-state index is 0.866. The largest absolute Gasteiger partial charge is 0.270 e. The van der Waals surface area contributed by atoms with Crippen molar-refractivity contribution in [2.24, 2.45) is 0 Å². The molecule has 4 rings (SSSR count). The summed E-state index contributed by atoms with van der Waals surface area (Å²) in [7, 11) is 0. The number of benzene rings is 3. The van der Waals surface area contributed by atoms with Gasteiger partial charge in [-0.25, -0.2) is 0 Å². The number of nitrogens with zero attached hydrogens (tertiary/aromatic N) is 3. The van der Waals surface area contributed by atoms with E-state index in [-0.39, 0.29) is 0 Å². The third kappa shape index (κ3) is 3.67. The zero-order chi connectivity index (χ0) is 18.6. The molecule has 4 heteroatoms. The summed E-state index contributed by atoms with van der Waals surface area (Å²) < 4.78 is 2.16. The third-order valence-electron chi connectivity index (χ3n) is 4.65. The maximum Gasteiger partial charge on any atom is 0.196 e. The van der Waals surface area contributed by atoms with Crippen molar-refractivity contribution in [3.63, 3.8) is 0 Å². The highest BCUT2D eigenvalue weighted by Crippen LogP contribution is 2.31. The quantitative estimate of drug-likeness (QED) is 0.413. The van der Waals surface area contributed by atoms with E-state index in [1.807, 2.05) is 24.3 Å². The van der Waals surface area contributed by atoms with Crippen molar-refractivity contribution < 1.29 is 0 Å². The second-order valence-corrected chi connectivity index (χ2v) is 7.45. The van der Waals surface area contributed by atoms with Gasteiger partial charge in [0.05, 0.1) is 0 Å². The Hall–Kier alpha value is -2.85. The molecule has 3 aromatic carbocycles. The lowest BCUT2D eigenvalue weighted by Crippen LogP contribution is -2.00. The van der Waals surface area contributed by atoms with Gasteiger partial charge in [-0.2, -0.15) is 0 Å². The Bertz CT molecular complexity index is 1050. The molecule has 0 radical (unpaired) electrons. The van der Waals surface area contributed by atoms with Gasteiger partial charge < -0.3 is 0 Å². The van der Waals surface area contributed by atoms with Crippen LogP contribution in [0.1, 0.15) is 16.7 Å². The molecule has 0 saturated heterocycles. The van der Waals surface area contributed by atoms with E-state index in [1.165, 1.54) is 16.7 Å². The highest BCUT2D eigenvalue weighted by molar-refractivity contribution is 7.98. The van der Waals surface area contributed by atoms with Crippen LogP contribution in [0.3, 0.4) is 0 Å². The molecule has 4 aromatic rings. The van der Waals surface area contributed by atoms with Gasteiger partial charge in [-0.15, -0.1) is 10.2 Å². The average Bonchev–Trinajstić information content (AvgIpc) is 3.12. The Morgan fingerprint density at radius 1 is 0.741 bits per heavy atom. The van der Waals surface area contributed by atoms with Gasteiger partial charge in [-0.1, -0.05) is 78.5 Å². The van der Waals surface area contributed by atoms with Crippen LogP contribution < -0.4 is 0 Å². The molecule has 0 N–H and O–H groups in total. The van der Waals surface area contributed by atoms with Gasteiger partial charge in [0, 0.05) is 17.0 Å². The van der Waals surface area contributed by atoms with E-state index in [0.717, 1.165) is 28.0 Å². The Balaban J connectivity index is 1.76. The number of para-hydroxylation sites is 1. The number of aromatic nitrogens is 3. The second kappa shape index (κ2) is 7.80. The molecule has 0 aliphatic rings. The van der Waals surface area contributed by atoms with Crippen LogP contribution in [0.2, 0.25) is 0 Å². The minimum Gasteiger partial charge on any atom is -0.270 e. The Morgan fingerprint density at radius 3 is 2.15 bits per heavy atom. The molecule has 134 valence electrons. The highest BCUT2D eigenvalue weighted by atomic mass is 32.2. The molecule has 0 bridgehead atoms. The lowest BCUT2D eigenvalue weighted by molar-refractivity contribution is 0.885. The molecule has 1 heterocycles. The molecule has 0 aliphatic carbocycles. The lowest BCUT2D eigenvalue weighted by Gasteiger charge is -2.12. The third-order valence-corrected chi connectivity index (χ3v) is 5.63. The number of thioether (sulfide) groups is 1.